The SMILES string of the molecule is ON=C1CC=c2cccc3c2c1c1cccc2cccc3c21. The summed E-state index contributed by atoms with van der Waals surface area (Å²) in [6.07, 6.45) is 2.81. The van der Waals surface area contributed by atoms with Crippen molar-refractivity contribution in [1.29, 1.82) is 0 Å². The molecule has 1 N–H and O–H groups in total. The molecule has 4 aromatic rings. The van der Waals surface area contributed by atoms with Crippen molar-refractivity contribution in [2.45, 2.75) is 6.42 Å². The van der Waals surface area contributed by atoms with Crippen LogP contribution in [0.5, 0.6) is 0 Å². The van der Waals surface area contributed by atoms with E-state index in [1.165, 1.54) is 37.5 Å². The van der Waals surface area contributed by atoms with Gasteiger partial charge in [0.25, 0.3) is 0 Å². The minimum absolute atomic E-state index is 0.668. The molecular weight excluding hydrogens is 270 g/mol. The molecule has 0 saturated heterocycles. The summed E-state index contributed by atoms with van der Waals surface area (Å²) in [6, 6.07) is 19.2. The molecule has 1 aliphatic rings. The Balaban J connectivity index is 2.25. The molecule has 0 bridgehead atoms. The number of hydrogen-bond donors (Lipinski definition) is 1. The van der Waals surface area contributed by atoms with E-state index >= 15 is 0 Å². The normalized spacial score (nSPS) is 15.7. The third-order valence-corrected chi connectivity index (χ3v) is 4.74. The summed E-state index contributed by atoms with van der Waals surface area (Å²) >= 11 is 0. The molecule has 0 saturated carbocycles. The fraction of sp³-hybridized carbons (Fsp3) is 0.0500. The number of rotatable bonds is 0. The van der Waals surface area contributed by atoms with Crippen LogP contribution < -0.4 is 5.22 Å². The summed E-state index contributed by atoms with van der Waals surface area (Å²) in [6.45, 7) is 0. The second-order valence-electron chi connectivity index (χ2n) is 5.81. The molecule has 0 heterocycles. The summed E-state index contributed by atoms with van der Waals surface area (Å²) in [5.74, 6) is 0. The molecule has 1 aliphatic carbocycles. The second-order valence-corrected chi connectivity index (χ2v) is 5.81. The molecule has 0 radical (unpaired) electrons. The van der Waals surface area contributed by atoms with Gasteiger partial charge in [0.1, 0.15) is 0 Å². The monoisotopic (exact) mass is 283 g/mol. The van der Waals surface area contributed by atoms with Gasteiger partial charge in [-0.3, -0.25) is 0 Å². The Morgan fingerprint density at radius 3 is 2.23 bits per heavy atom. The molecule has 5 rings (SSSR count). The van der Waals surface area contributed by atoms with E-state index in [1.54, 1.807) is 0 Å². The maximum Gasteiger partial charge on any atom is 0.0918 e. The lowest BCUT2D eigenvalue weighted by Gasteiger charge is -2.18. The first-order chi connectivity index (χ1) is 10.9. The number of hydrogen-bond acceptors (Lipinski definition) is 2. The highest BCUT2D eigenvalue weighted by atomic mass is 16.4. The molecule has 4 aromatic carbocycles. The third-order valence-electron chi connectivity index (χ3n) is 4.74. The summed E-state index contributed by atoms with van der Waals surface area (Å²) in [5.41, 5.74) is 1.84. The molecule has 0 atom stereocenters. The van der Waals surface area contributed by atoms with Gasteiger partial charge in [0.05, 0.1) is 5.71 Å². The van der Waals surface area contributed by atoms with Crippen LogP contribution in [-0.2, 0) is 0 Å². The van der Waals surface area contributed by atoms with E-state index in [0.717, 1.165) is 11.3 Å². The highest BCUT2D eigenvalue weighted by Crippen LogP contribution is 2.37. The summed E-state index contributed by atoms with van der Waals surface area (Å²) < 4.78 is 0. The zero-order chi connectivity index (χ0) is 14.7. The van der Waals surface area contributed by atoms with E-state index in [-0.39, 0.29) is 0 Å². The molecule has 0 fully saturated rings. The van der Waals surface area contributed by atoms with Gasteiger partial charge in [0.2, 0.25) is 0 Å². The van der Waals surface area contributed by atoms with Crippen molar-refractivity contribution in [2.24, 2.45) is 5.16 Å². The molecule has 104 valence electrons. The number of fused-ring (bicyclic) bond motifs is 2. The Labute approximate surface area is 127 Å². The van der Waals surface area contributed by atoms with Crippen molar-refractivity contribution in [3.63, 3.8) is 0 Å². The summed E-state index contributed by atoms with van der Waals surface area (Å²) in [4.78, 5) is 0. The smallest absolute Gasteiger partial charge is 0.0918 e. The Bertz CT molecular complexity index is 1150. The van der Waals surface area contributed by atoms with E-state index < -0.39 is 0 Å². The first kappa shape index (κ1) is 11.8. The van der Waals surface area contributed by atoms with Crippen LogP contribution in [0, 0.1) is 0 Å². The zero-order valence-corrected chi connectivity index (χ0v) is 11.9. The van der Waals surface area contributed by atoms with Gasteiger partial charge in [-0.15, -0.1) is 0 Å². The largest absolute Gasteiger partial charge is 0.411 e. The average Bonchev–Trinajstić information content (AvgIpc) is 2.59. The molecule has 0 unspecified atom stereocenters. The molecule has 2 nitrogen and oxygen atoms in total. The van der Waals surface area contributed by atoms with Crippen molar-refractivity contribution in [2.75, 3.05) is 0 Å². The first-order valence-electron chi connectivity index (χ1n) is 7.46. The van der Waals surface area contributed by atoms with Crippen molar-refractivity contribution < 1.29 is 5.21 Å². The molecule has 0 aliphatic heterocycles. The third kappa shape index (κ3) is 1.32. The highest BCUT2D eigenvalue weighted by Gasteiger charge is 2.19. The predicted octanol–water partition coefficient (Wildman–Crippen LogP) is 4.23. The van der Waals surface area contributed by atoms with Crippen LogP contribution in [0.4, 0.5) is 0 Å². The molecule has 22 heavy (non-hydrogen) atoms. The van der Waals surface area contributed by atoms with Crippen LogP contribution in [-0.4, -0.2) is 10.9 Å². The van der Waals surface area contributed by atoms with E-state index in [2.05, 4.69) is 65.8 Å². The van der Waals surface area contributed by atoms with Crippen molar-refractivity contribution in [3.8, 4) is 0 Å². The zero-order valence-electron chi connectivity index (χ0n) is 11.9. The fourth-order valence-corrected chi connectivity index (χ4v) is 3.85. The van der Waals surface area contributed by atoms with E-state index in [1.807, 2.05) is 0 Å². The number of benzene rings is 4. The van der Waals surface area contributed by atoms with Crippen LogP contribution in [0.2, 0.25) is 0 Å². The molecule has 2 heteroatoms. The van der Waals surface area contributed by atoms with Gasteiger partial charge in [-0.1, -0.05) is 65.8 Å². The van der Waals surface area contributed by atoms with Crippen LogP contribution in [0.1, 0.15) is 12.0 Å². The number of nitrogens with zero attached hydrogens (tertiary/aromatic N) is 1. The Kier molecular flexibility index (Phi) is 2.18. The topological polar surface area (TPSA) is 32.6 Å². The first-order valence-corrected chi connectivity index (χ1v) is 7.46. The van der Waals surface area contributed by atoms with Gasteiger partial charge < -0.3 is 5.21 Å². The number of oxime groups is 1. The molecule has 0 amide bonds. The highest BCUT2D eigenvalue weighted by molar-refractivity contribution is 6.31. The molecular formula is C20H13NO. The Morgan fingerprint density at radius 1 is 0.773 bits per heavy atom. The van der Waals surface area contributed by atoms with Crippen molar-refractivity contribution in [3.05, 3.63) is 65.4 Å². The molecule has 0 spiro atoms. The fourth-order valence-electron chi connectivity index (χ4n) is 3.85. The summed E-state index contributed by atoms with van der Waals surface area (Å²) in [7, 11) is 0. The second kappa shape index (κ2) is 4.08. The van der Waals surface area contributed by atoms with Gasteiger partial charge in [-0.2, -0.15) is 0 Å². The van der Waals surface area contributed by atoms with Gasteiger partial charge in [-0.25, -0.2) is 0 Å². The van der Waals surface area contributed by atoms with E-state index in [9.17, 15) is 5.21 Å². The van der Waals surface area contributed by atoms with Gasteiger partial charge in [0, 0.05) is 12.0 Å². The van der Waals surface area contributed by atoms with Gasteiger partial charge in [0.15, 0.2) is 0 Å². The van der Waals surface area contributed by atoms with Crippen LogP contribution in [0.15, 0.2) is 59.8 Å². The van der Waals surface area contributed by atoms with Crippen LogP contribution in [0.3, 0.4) is 0 Å². The average molecular weight is 283 g/mol. The van der Waals surface area contributed by atoms with Crippen molar-refractivity contribution in [1.82, 2.24) is 0 Å². The maximum absolute atomic E-state index is 9.48. The van der Waals surface area contributed by atoms with Gasteiger partial charge >= 0.3 is 0 Å². The Hall–Kier alpha value is -2.87. The minimum Gasteiger partial charge on any atom is -0.411 e. The molecule has 0 aromatic heterocycles. The predicted molar refractivity (Wildman–Crippen MR) is 91.6 cm³/mol. The van der Waals surface area contributed by atoms with Gasteiger partial charge in [-0.05, 0) is 37.5 Å². The van der Waals surface area contributed by atoms with Crippen LogP contribution in [0.25, 0.3) is 38.4 Å². The Morgan fingerprint density at radius 2 is 1.45 bits per heavy atom. The van der Waals surface area contributed by atoms with E-state index in [0.29, 0.717) is 6.42 Å². The maximum atomic E-state index is 9.48. The summed E-state index contributed by atoms with van der Waals surface area (Å²) in [5, 5.41) is 21.7. The lowest BCUT2D eigenvalue weighted by molar-refractivity contribution is 0.318. The minimum atomic E-state index is 0.668. The van der Waals surface area contributed by atoms with Crippen LogP contribution >= 0.6 is 0 Å². The quantitative estimate of drug-likeness (QED) is 0.223. The van der Waals surface area contributed by atoms with Crippen molar-refractivity contribution >= 4 is 44.1 Å². The van der Waals surface area contributed by atoms with E-state index in [4.69, 9.17) is 0 Å². The standard InChI is InChI=1S/C20H13NO/c22-21-17-11-10-13-6-2-8-15-14-7-1-4-12-5-3-9-16(18(12)14)20(17)19(13)15/h1-10,22H,11H2. The lowest BCUT2D eigenvalue weighted by atomic mass is 9.85. The lowest BCUT2D eigenvalue weighted by Crippen LogP contribution is -2.16.